The Morgan fingerprint density at radius 3 is 2.10 bits per heavy atom. The molecule has 1 heterocycles. The highest BCUT2D eigenvalue weighted by Crippen LogP contribution is 2.06. The lowest BCUT2D eigenvalue weighted by Crippen LogP contribution is -2.48. The number of cyclic esters (lactones) is 2. The lowest BCUT2D eigenvalue weighted by Gasteiger charge is -2.30. The highest BCUT2D eigenvalue weighted by Gasteiger charge is 2.30. The van der Waals surface area contributed by atoms with Gasteiger partial charge in [-0.15, -0.1) is 0 Å². The average molecular weight is 431 g/mol. The monoisotopic (exact) mass is 431 g/mol. The van der Waals surface area contributed by atoms with Crippen molar-refractivity contribution in [2.75, 3.05) is 65.5 Å². The Morgan fingerprint density at radius 2 is 1.60 bits per heavy atom. The molecule has 0 atom stereocenters. The summed E-state index contributed by atoms with van der Waals surface area (Å²) in [6.07, 6.45) is 0. The van der Waals surface area contributed by atoms with E-state index < -0.39 is 29.8 Å². The molecule has 0 bridgehead atoms. The minimum Gasteiger partial charge on any atom is -0.481 e. The number of carboxylic acids is 2. The summed E-state index contributed by atoms with van der Waals surface area (Å²) in [5.41, 5.74) is 0. The zero-order valence-corrected chi connectivity index (χ0v) is 17.2. The second kappa shape index (κ2) is 12.9. The maximum absolute atomic E-state index is 11.7. The van der Waals surface area contributed by atoms with Crippen LogP contribution in [-0.4, -0.2) is 120 Å². The van der Waals surface area contributed by atoms with Gasteiger partial charge < -0.3 is 19.7 Å². The molecule has 0 spiro atoms. The maximum atomic E-state index is 11.7. The van der Waals surface area contributed by atoms with E-state index in [4.69, 9.17) is 4.74 Å². The van der Waals surface area contributed by atoms with Gasteiger partial charge >= 0.3 is 29.8 Å². The summed E-state index contributed by atoms with van der Waals surface area (Å²) >= 11 is 0. The molecule has 2 N–H and O–H groups in total. The van der Waals surface area contributed by atoms with Crippen molar-refractivity contribution in [1.82, 2.24) is 14.7 Å². The highest BCUT2D eigenvalue weighted by atomic mass is 16.6. The normalized spacial score (nSPS) is 15.0. The molecule has 0 aromatic heterocycles. The van der Waals surface area contributed by atoms with Crippen molar-refractivity contribution >= 4 is 29.8 Å². The number of hydrogen-bond donors (Lipinski definition) is 2. The average Bonchev–Trinajstić information content (AvgIpc) is 2.65. The van der Waals surface area contributed by atoms with E-state index in [1.807, 2.05) is 6.92 Å². The number of likely N-dealkylation sites (N-methyl/N-ethyl adjacent to an activating group) is 1. The first kappa shape index (κ1) is 25.5. The van der Waals surface area contributed by atoms with Gasteiger partial charge in [-0.2, -0.15) is 0 Å². The predicted molar refractivity (Wildman–Crippen MR) is 101 cm³/mol. The van der Waals surface area contributed by atoms with E-state index in [9.17, 15) is 34.2 Å². The third kappa shape index (κ3) is 9.29. The summed E-state index contributed by atoms with van der Waals surface area (Å²) in [5, 5.41) is 18.4. The fourth-order valence-electron chi connectivity index (χ4n) is 2.89. The third-order valence-electron chi connectivity index (χ3n) is 4.54. The van der Waals surface area contributed by atoms with Gasteiger partial charge in [0.1, 0.15) is 0 Å². The van der Waals surface area contributed by atoms with Crippen molar-refractivity contribution in [2.45, 2.75) is 13.8 Å². The van der Waals surface area contributed by atoms with Gasteiger partial charge in [-0.25, -0.2) is 0 Å². The molecule has 30 heavy (non-hydrogen) atoms. The molecule has 0 aliphatic carbocycles. The lowest BCUT2D eigenvalue weighted by atomic mass is 10.1. The molecule has 1 rings (SSSR count). The number of aliphatic carboxylic acids is 2. The molecule has 0 amide bonds. The van der Waals surface area contributed by atoms with Gasteiger partial charge in [0.2, 0.25) is 0 Å². The van der Waals surface area contributed by atoms with E-state index in [-0.39, 0.29) is 58.4 Å². The molecular formula is C18H29N3O9. The fourth-order valence-corrected chi connectivity index (χ4v) is 2.89. The van der Waals surface area contributed by atoms with Crippen LogP contribution in [0.2, 0.25) is 0 Å². The topological polar surface area (TPSA) is 154 Å². The van der Waals surface area contributed by atoms with E-state index in [0.29, 0.717) is 13.1 Å². The number of ether oxygens (including phenoxy) is 2. The minimum atomic E-state index is -1.63. The van der Waals surface area contributed by atoms with Crippen molar-refractivity contribution in [1.29, 1.82) is 0 Å². The van der Waals surface area contributed by atoms with Crippen molar-refractivity contribution < 1.29 is 43.7 Å². The molecule has 1 aliphatic rings. The predicted octanol–water partition coefficient (Wildman–Crippen LogP) is -1.66. The number of carbonyl (C=O) groups is 5. The molecule has 12 nitrogen and oxygen atoms in total. The smallest absolute Gasteiger partial charge is 0.327 e. The largest absolute Gasteiger partial charge is 0.481 e. The Labute approximate surface area is 174 Å². The van der Waals surface area contributed by atoms with Crippen LogP contribution in [0.4, 0.5) is 0 Å². The SMILES string of the molecule is CCOC(=O)CN(CC)CCN(CCN1CC(=O)OC(=O)C1)CC(C(=O)O)C(=O)O. The van der Waals surface area contributed by atoms with E-state index >= 15 is 0 Å². The van der Waals surface area contributed by atoms with Gasteiger partial charge in [0.15, 0.2) is 5.92 Å². The zero-order chi connectivity index (χ0) is 22.7. The first-order valence-electron chi connectivity index (χ1n) is 9.68. The molecule has 170 valence electrons. The van der Waals surface area contributed by atoms with Crippen molar-refractivity contribution in [2.24, 2.45) is 5.92 Å². The van der Waals surface area contributed by atoms with Crippen LogP contribution in [0.1, 0.15) is 13.8 Å². The Morgan fingerprint density at radius 1 is 1.03 bits per heavy atom. The zero-order valence-electron chi connectivity index (χ0n) is 17.2. The number of esters is 3. The molecule has 1 saturated heterocycles. The van der Waals surface area contributed by atoms with Gasteiger partial charge in [0, 0.05) is 32.7 Å². The molecule has 1 fully saturated rings. The molecule has 0 saturated carbocycles. The summed E-state index contributed by atoms with van der Waals surface area (Å²) in [6, 6.07) is 0. The van der Waals surface area contributed by atoms with E-state index in [0.717, 1.165) is 0 Å². The standard InChI is InChI=1S/C18H29N3O9/c1-3-19(10-14(22)29-4-2)5-6-20(9-13(17(25)26)18(27)28)7-8-21-11-15(23)30-16(24)12-21/h13H,3-12H2,1-2H3,(H,25,26)(H,27,28). The van der Waals surface area contributed by atoms with Gasteiger partial charge in [-0.3, -0.25) is 38.7 Å². The van der Waals surface area contributed by atoms with Crippen LogP contribution in [0.25, 0.3) is 0 Å². The summed E-state index contributed by atoms with van der Waals surface area (Å²) in [5.74, 6) is -6.26. The summed E-state index contributed by atoms with van der Waals surface area (Å²) in [7, 11) is 0. The first-order chi connectivity index (χ1) is 14.2. The van der Waals surface area contributed by atoms with Crippen LogP contribution >= 0.6 is 0 Å². The summed E-state index contributed by atoms with van der Waals surface area (Å²) < 4.78 is 9.39. The van der Waals surface area contributed by atoms with Crippen molar-refractivity contribution in [3.05, 3.63) is 0 Å². The third-order valence-corrected chi connectivity index (χ3v) is 4.54. The Hall–Kier alpha value is -2.57. The van der Waals surface area contributed by atoms with Crippen LogP contribution in [0.3, 0.4) is 0 Å². The number of hydrogen-bond acceptors (Lipinski definition) is 10. The minimum absolute atomic E-state index is 0.0614. The Bertz CT molecular complexity index is 610. The number of carboxylic acid groups (broad SMARTS) is 2. The second-order valence-electron chi connectivity index (χ2n) is 6.76. The van der Waals surface area contributed by atoms with Crippen LogP contribution in [0.5, 0.6) is 0 Å². The van der Waals surface area contributed by atoms with Gasteiger partial charge in [0.05, 0.1) is 26.2 Å². The molecule has 0 aromatic carbocycles. The van der Waals surface area contributed by atoms with E-state index in [1.165, 1.54) is 0 Å². The summed E-state index contributed by atoms with van der Waals surface area (Å²) in [4.78, 5) is 62.0. The number of morpholine rings is 1. The highest BCUT2D eigenvalue weighted by molar-refractivity contribution is 5.93. The molecule has 0 radical (unpaired) electrons. The molecule has 0 aromatic rings. The second-order valence-corrected chi connectivity index (χ2v) is 6.76. The fraction of sp³-hybridized carbons (Fsp3) is 0.722. The van der Waals surface area contributed by atoms with Gasteiger partial charge in [-0.05, 0) is 13.5 Å². The molecule has 12 heteroatoms. The van der Waals surface area contributed by atoms with E-state index in [1.54, 1.807) is 21.6 Å². The number of nitrogens with zero attached hydrogens (tertiary/aromatic N) is 3. The van der Waals surface area contributed by atoms with Crippen molar-refractivity contribution in [3.63, 3.8) is 0 Å². The van der Waals surface area contributed by atoms with Crippen LogP contribution in [0, 0.1) is 5.92 Å². The van der Waals surface area contributed by atoms with Gasteiger partial charge in [0.25, 0.3) is 0 Å². The Kier molecular flexibility index (Phi) is 10.9. The number of carbonyl (C=O) groups excluding carboxylic acids is 3. The van der Waals surface area contributed by atoms with Gasteiger partial charge in [-0.1, -0.05) is 6.92 Å². The van der Waals surface area contributed by atoms with E-state index in [2.05, 4.69) is 4.74 Å². The number of rotatable bonds is 14. The maximum Gasteiger partial charge on any atom is 0.327 e. The van der Waals surface area contributed by atoms with Crippen molar-refractivity contribution in [3.8, 4) is 0 Å². The quantitative estimate of drug-likeness (QED) is 0.239. The lowest BCUT2D eigenvalue weighted by molar-refractivity contribution is -0.166. The molecule has 0 unspecified atom stereocenters. The molecule has 1 aliphatic heterocycles. The first-order valence-corrected chi connectivity index (χ1v) is 9.68. The summed E-state index contributed by atoms with van der Waals surface area (Å²) in [6.45, 7) is 5.15. The van der Waals surface area contributed by atoms with Crippen LogP contribution in [0.15, 0.2) is 0 Å². The molecular weight excluding hydrogens is 402 g/mol. The van der Waals surface area contributed by atoms with Crippen LogP contribution < -0.4 is 0 Å². The Balaban J connectivity index is 2.74. The van der Waals surface area contributed by atoms with Crippen LogP contribution in [-0.2, 0) is 33.4 Å².